The Morgan fingerprint density at radius 1 is 0.646 bits per heavy atom. The molecule has 0 N–H and O–H groups in total. The molecule has 13 heteroatoms. The summed E-state index contributed by atoms with van der Waals surface area (Å²) in [5.74, 6) is 1.42. The topological polar surface area (TPSA) is 114 Å². The van der Waals surface area contributed by atoms with Crippen molar-refractivity contribution in [1.82, 2.24) is 0 Å². The number of nitrogens with zero attached hydrogens (tertiary/aromatic N) is 3. The van der Waals surface area contributed by atoms with Gasteiger partial charge in [-0.25, -0.2) is 4.66 Å². The van der Waals surface area contributed by atoms with E-state index in [0.717, 1.165) is 5.71 Å². The fourth-order valence-electron chi connectivity index (χ4n) is 3.57. The normalized spacial score (nSPS) is 11.9. The molecule has 0 bridgehead atoms. The predicted octanol–water partition coefficient (Wildman–Crippen LogP) is 4.05. The van der Waals surface area contributed by atoms with E-state index < -0.39 is 17.8 Å². The molecule has 0 saturated carbocycles. The van der Waals surface area contributed by atoms with Crippen LogP contribution in [0.25, 0.3) is 5.41 Å². The van der Waals surface area contributed by atoms with Crippen LogP contribution in [0.4, 0.5) is 0 Å². The molecule has 48 heavy (non-hydrogen) atoms. The van der Waals surface area contributed by atoms with E-state index >= 15 is 0 Å². The number of hydrogen-bond acceptors (Lipinski definition) is 8. The Morgan fingerprint density at radius 3 is 0.979 bits per heavy atom. The van der Waals surface area contributed by atoms with Crippen LogP contribution in [0.15, 0.2) is 4.66 Å². The van der Waals surface area contributed by atoms with Gasteiger partial charge in [-0.05, 0) is 49.4 Å². The molecule has 0 atom stereocenters. The summed E-state index contributed by atoms with van der Waals surface area (Å²) in [4.78, 5) is 0. The van der Waals surface area contributed by atoms with Crippen molar-refractivity contribution in [3.63, 3.8) is 0 Å². The number of nitriles is 1. The minimum atomic E-state index is -2.91. The van der Waals surface area contributed by atoms with Crippen molar-refractivity contribution in [2.75, 3.05) is 42.2 Å². The monoisotopic (exact) mass is 706 g/mol. The summed E-state index contributed by atoms with van der Waals surface area (Å²) in [5.41, 5.74) is 1.19. The molecule has 0 aliphatic carbocycles. The molecule has 0 radical (unpaired) electrons. The number of hydrogen-bond donors (Lipinski definition) is 0. The average Bonchev–Trinajstić information content (AvgIpc) is 2.87. The van der Waals surface area contributed by atoms with Crippen LogP contribution >= 0.6 is 0 Å². The maximum Gasteiger partial charge on any atom is 1.00 e. The van der Waals surface area contributed by atoms with Gasteiger partial charge >= 0.3 is 55.5 Å². The van der Waals surface area contributed by atoms with Crippen molar-refractivity contribution < 1.29 is 64.3 Å². The van der Waals surface area contributed by atoms with Gasteiger partial charge in [-0.2, -0.15) is 31.7 Å². The Bertz CT molecular complexity index is 829. The second-order valence-electron chi connectivity index (χ2n) is 16.5. The van der Waals surface area contributed by atoms with Crippen LogP contribution in [0.5, 0.6) is 0 Å². The minimum absolute atomic E-state index is 0. The maximum atomic E-state index is 9.64. The van der Waals surface area contributed by atoms with Crippen LogP contribution < -0.4 is 37.7 Å². The molecule has 0 heterocycles. The molecule has 278 valence electrons. The molecule has 0 spiro atoms. The fraction of sp³-hybridized carbons (Fsp3) is 0.886. The van der Waals surface area contributed by atoms with Crippen LogP contribution in [0, 0.1) is 44.3 Å². The van der Waals surface area contributed by atoms with Gasteiger partial charge in [-0.15, -0.1) is 0 Å². The maximum absolute atomic E-state index is 9.64. The second-order valence-corrected chi connectivity index (χ2v) is 21.8. The summed E-state index contributed by atoms with van der Waals surface area (Å²) in [6, 6.07) is 2.10. The Balaban J connectivity index is -0.0000000939. The Morgan fingerprint density at radius 2 is 0.896 bits per heavy atom. The first-order valence-corrected chi connectivity index (χ1v) is 19.8. The average molecular weight is 706 g/mol. The SMILES string of the molecule is CC(C)(C)C#N.CC(C)(C)C(=[N-])C(C)(C)C.CCO[Si](C)(OC)OC.CO[Si](N=C(C(C)(C)C)C(C)(C)C)(OC)OC.C[C-](C)C.[Li+].[Li+]. The third kappa shape index (κ3) is 36.0. The summed E-state index contributed by atoms with van der Waals surface area (Å²) in [6.07, 6.45) is 0. The van der Waals surface area contributed by atoms with Gasteiger partial charge in [-0.3, -0.25) is 0 Å². The van der Waals surface area contributed by atoms with Gasteiger partial charge in [0.2, 0.25) is 0 Å². The van der Waals surface area contributed by atoms with E-state index in [2.05, 4.69) is 68.4 Å². The molecule has 0 aliphatic heterocycles. The molecule has 0 rings (SSSR count). The van der Waals surface area contributed by atoms with Gasteiger partial charge in [0, 0.05) is 59.8 Å². The molecule has 0 aromatic heterocycles. The molecule has 0 fully saturated rings. The summed E-state index contributed by atoms with van der Waals surface area (Å²) in [7, 11) is 2.82. The largest absolute Gasteiger partial charge is 1.00 e. The smallest absolute Gasteiger partial charge is 0.810 e. The van der Waals surface area contributed by atoms with Crippen LogP contribution in [-0.4, -0.2) is 71.3 Å². The van der Waals surface area contributed by atoms with Gasteiger partial charge < -0.3 is 37.9 Å². The molecule has 0 amide bonds. The summed E-state index contributed by atoms with van der Waals surface area (Å²) in [6.45, 7) is 41.3. The second kappa shape index (κ2) is 27.8. The third-order valence-electron chi connectivity index (χ3n) is 5.35. The summed E-state index contributed by atoms with van der Waals surface area (Å²) in [5, 5.41) is 17.8. The van der Waals surface area contributed by atoms with E-state index in [1.807, 2.05) is 75.8 Å². The molecule has 9 nitrogen and oxygen atoms in total. The van der Waals surface area contributed by atoms with Crippen LogP contribution in [0.1, 0.15) is 132 Å². The van der Waals surface area contributed by atoms with E-state index in [1.165, 1.54) is 5.92 Å². The molecule has 0 aliphatic rings. The van der Waals surface area contributed by atoms with Crippen LogP contribution in [0.2, 0.25) is 6.55 Å². The number of rotatable bonds is 8. The minimum Gasteiger partial charge on any atom is -0.810 e. The Kier molecular flexibility index (Phi) is 36.7. The summed E-state index contributed by atoms with van der Waals surface area (Å²) < 4.78 is 36.1. The van der Waals surface area contributed by atoms with Crippen molar-refractivity contribution in [3.8, 4) is 6.07 Å². The van der Waals surface area contributed by atoms with E-state index in [9.17, 15) is 5.41 Å². The Hall–Kier alpha value is 0.219. The predicted molar refractivity (Wildman–Crippen MR) is 203 cm³/mol. The van der Waals surface area contributed by atoms with E-state index in [1.54, 1.807) is 35.5 Å². The van der Waals surface area contributed by atoms with Gasteiger partial charge in [0.05, 0.1) is 6.07 Å². The summed E-state index contributed by atoms with van der Waals surface area (Å²) >= 11 is 0. The molecule has 0 aromatic carbocycles. The van der Waals surface area contributed by atoms with Gasteiger partial charge in [0.15, 0.2) is 0 Å². The fourth-order valence-corrected chi connectivity index (χ4v) is 6.22. The Labute approximate surface area is 326 Å². The zero-order valence-corrected chi connectivity index (χ0v) is 39.0. The van der Waals surface area contributed by atoms with Crippen LogP contribution in [0.3, 0.4) is 0 Å². The molecule has 0 aromatic rings. The molecular weight excluding hydrogens is 628 g/mol. The molecular formula is C35H77Li2N3O6Si2. The molecule has 0 saturated heterocycles. The van der Waals surface area contributed by atoms with E-state index in [4.69, 9.17) is 36.5 Å². The standard InChI is InChI=1S/C12H27NO3Si.C9H18N.C5H9N.C5H14O3Si.C4H9.2Li/c1-11(2,3)10(12(4,5)6)13-17(14-7,15-8)16-9;1-8(2,3)7(10)9(4,5)6;1-5(2,3)4-6;1-5-8-9(4,6-2)7-3;1-4(2)3;;/h1-9H3;1-6H3;1-3H3;5H2,1-4H3;1-3H3;;/q;-1;;;-1;2*+1. The van der Waals surface area contributed by atoms with Gasteiger partial charge in [-0.1, -0.05) is 83.1 Å². The van der Waals surface area contributed by atoms with Crippen LogP contribution in [-0.2, 0) is 26.6 Å². The van der Waals surface area contributed by atoms with Crippen molar-refractivity contribution >= 4 is 29.2 Å². The molecule has 0 unspecified atom stereocenters. The quantitative estimate of drug-likeness (QED) is 0.213. The van der Waals surface area contributed by atoms with Gasteiger partial charge in [0.1, 0.15) is 0 Å². The van der Waals surface area contributed by atoms with Crippen molar-refractivity contribution in [3.05, 3.63) is 11.3 Å². The van der Waals surface area contributed by atoms with Crippen molar-refractivity contribution in [2.24, 2.45) is 31.7 Å². The first-order chi connectivity index (χ1) is 20.2. The van der Waals surface area contributed by atoms with Gasteiger partial charge in [0.25, 0.3) is 0 Å². The van der Waals surface area contributed by atoms with E-state index in [0.29, 0.717) is 12.3 Å². The first kappa shape index (κ1) is 63.3. The third-order valence-corrected chi connectivity index (χ3v) is 9.69. The van der Waals surface area contributed by atoms with Crippen molar-refractivity contribution in [1.29, 1.82) is 5.26 Å². The van der Waals surface area contributed by atoms with Crippen molar-refractivity contribution in [2.45, 2.75) is 138 Å². The van der Waals surface area contributed by atoms with E-state index in [-0.39, 0.29) is 64.8 Å². The zero-order valence-electron chi connectivity index (χ0n) is 37.0. The first-order valence-electron chi connectivity index (χ1n) is 15.9. The zero-order chi connectivity index (χ0) is 38.6.